The van der Waals surface area contributed by atoms with Gasteiger partial charge in [0.2, 0.25) is 0 Å². The summed E-state index contributed by atoms with van der Waals surface area (Å²) in [6, 6.07) is 61.9. The van der Waals surface area contributed by atoms with Crippen molar-refractivity contribution in [2.45, 2.75) is 5.41 Å². The molecular formula is C43H29N. The highest BCUT2D eigenvalue weighted by atomic mass is 14.9. The number of benzene rings is 7. The number of hydrogen-bond donors (Lipinski definition) is 1. The Labute approximate surface area is 258 Å². The lowest BCUT2D eigenvalue weighted by Crippen LogP contribution is -2.25. The van der Waals surface area contributed by atoms with Crippen molar-refractivity contribution in [1.29, 1.82) is 0 Å². The van der Waals surface area contributed by atoms with E-state index in [1.54, 1.807) is 0 Å². The number of hydrogen-bond acceptors (Lipinski definition) is 1. The lowest BCUT2D eigenvalue weighted by molar-refractivity contribution is 0.794. The van der Waals surface area contributed by atoms with Gasteiger partial charge in [-0.2, -0.15) is 0 Å². The van der Waals surface area contributed by atoms with Crippen molar-refractivity contribution in [1.82, 2.24) is 0 Å². The van der Waals surface area contributed by atoms with Crippen LogP contribution in [0.3, 0.4) is 0 Å². The molecule has 1 spiro atoms. The standard InChI is InChI=1S/C43H29N/c1-2-10-29(11-3-1)30-18-20-31(21-19-30)32-22-24-33(25-23-32)44-34-26-27-38-37-14-6-9-17-41(37)43(42(38)28-34)39-15-7-4-12-35(39)36-13-5-8-16-40(36)43/h1-28,44H. The van der Waals surface area contributed by atoms with Gasteiger partial charge in [-0.3, -0.25) is 0 Å². The molecule has 0 unspecified atom stereocenters. The SMILES string of the molecule is c1ccc(-c2ccc(-c3ccc(Nc4ccc5c(c4)C4(c6ccccc6-c6ccccc64)c4ccccc4-5)cc3)cc2)cc1. The maximum atomic E-state index is 3.72. The van der Waals surface area contributed by atoms with Gasteiger partial charge in [0, 0.05) is 11.4 Å². The van der Waals surface area contributed by atoms with Crippen molar-refractivity contribution in [2.75, 3.05) is 5.32 Å². The van der Waals surface area contributed by atoms with E-state index in [1.807, 2.05) is 0 Å². The zero-order valence-electron chi connectivity index (χ0n) is 24.2. The van der Waals surface area contributed by atoms with Gasteiger partial charge in [-0.1, -0.05) is 146 Å². The van der Waals surface area contributed by atoms with Crippen LogP contribution in [0.1, 0.15) is 22.3 Å². The molecule has 7 aromatic rings. The van der Waals surface area contributed by atoms with Crippen LogP contribution in [-0.4, -0.2) is 0 Å². The number of nitrogens with one attached hydrogen (secondary N) is 1. The minimum Gasteiger partial charge on any atom is -0.356 e. The zero-order chi connectivity index (χ0) is 29.1. The maximum absolute atomic E-state index is 3.72. The highest BCUT2D eigenvalue weighted by molar-refractivity contribution is 5.95. The second-order valence-corrected chi connectivity index (χ2v) is 11.8. The van der Waals surface area contributed by atoms with Crippen LogP contribution in [0.25, 0.3) is 44.5 Å². The van der Waals surface area contributed by atoms with E-state index in [0.717, 1.165) is 11.4 Å². The molecule has 206 valence electrons. The predicted octanol–water partition coefficient (Wildman–Crippen LogP) is 11.1. The molecule has 0 aromatic heterocycles. The monoisotopic (exact) mass is 559 g/mol. The first-order valence-electron chi connectivity index (χ1n) is 15.3. The van der Waals surface area contributed by atoms with Crippen LogP contribution >= 0.6 is 0 Å². The minimum absolute atomic E-state index is 0.327. The van der Waals surface area contributed by atoms with Crippen LogP contribution in [0.4, 0.5) is 11.4 Å². The van der Waals surface area contributed by atoms with Gasteiger partial charge in [0.1, 0.15) is 0 Å². The fraction of sp³-hybridized carbons (Fsp3) is 0.0233. The molecule has 1 nitrogen and oxygen atoms in total. The summed E-state index contributed by atoms with van der Waals surface area (Å²) >= 11 is 0. The zero-order valence-corrected chi connectivity index (χ0v) is 24.2. The molecule has 0 bridgehead atoms. The van der Waals surface area contributed by atoms with E-state index in [1.165, 1.54) is 66.8 Å². The predicted molar refractivity (Wildman–Crippen MR) is 183 cm³/mol. The number of anilines is 2. The van der Waals surface area contributed by atoms with E-state index in [4.69, 9.17) is 0 Å². The molecule has 7 aromatic carbocycles. The maximum Gasteiger partial charge on any atom is 0.0726 e. The molecule has 0 amide bonds. The molecule has 0 heterocycles. The molecule has 1 N–H and O–H groups in total. The largest absolute Gasteiger partial charge is 0.356 e. The van der Waals surface area contributed by atoms with E-state index in [2.05, 4.69) is 175 Å². The second kappa shape index (κ2) is 9.69. The van der Waals surface area contributed by atoms with Crippen LogP contribution in [0, 0.1) is 0 Å². The Hall–Kier alpha value is -5.66. The van der Waals surface area contributed by atoms with Crippen LogP contribution in [-0.2, 0) is 5.41 Å². The van der Waals surface area contributed by atoms with Crippen molar-refractivity contribution in [3.05, 3.63) is 192 Å². The first kappa shape index (κ1) is 24.9. The van der Waals surface area contributed by atoms with E-state index in [0.29, 0.717) is 0 Å². The minimum atomic E-state index is -0.327. The normalized spacial score (nSPS) is 13.2. The number of fused-ring (bicyclic) bond motifs is 10. The Bertz CT molecular complexity index is 2110. The van der Waals surface area contributed by atoms with Crippen LogP contribution < -0.4 is 5.32 Å². The van der Waals surface area contributed by atoms with Gasteiger partial charge < -0.3 is 5.32 Å². The molecule has 1 heteroatoms. The topological polar surface area (TPSA) is 12.0 Å². The molecule has 0 atom stereocenters. The third-order valence-electron chi connectivity index (χ3n) is 9.50. The fourth-order valence-electron chi connectivity index (χ4n) is 7.57. The Kier molecular flexibility index (Phi) is 5.48. The van der Waals surface area contributed by atoms with E-state index in [9.17, 15) is 0 Å². The highest BCUT2D eigenvalue weighted by Gasteiger charge is 2.51. The lowest BCUT2D eigenvalue weighted by atomic mass is 9.70. The van der Waals surface area contributed by atoms with Crippen molar-refractivity contribution in [3.63, 3.8) is 0 Å². The second-order valence-electron chi connectivity index (χ2n) is 11.8. The van der Waals surface area contributed by atoms with Crippen LogP contribution in [0.5, 0.6) is 0 Å². The van der Waals surface area contributed by atoms with Gasteiger partial charge in [0.15, 0.2) is 0 Å². The summed E-state index contributed by atoms with van der Waals surface area (Å²) in [5.41, 5.74) is 17.5. The average molecular weight is 560 g/mol. The molecule has 44 heavy (non-hydrogen) atoms. The van der Waals surface area contributed by atoms with Crippen molar-refractivity contribution in [2.24, 2.45) is 0 Å². The van der Waals surface area contributed by atoms with E-state index >= 15 is 0 Å². The average Bonchev–Trinajstić information content (AvgIpc) is 3.56. The molecular weight excluding hydrogens is 530 g/mol. The van der Waals surface area contributed by atoms with Crippen molar-refractivity contribution in [3.8, 4) is 44.5 Å². The van der Waals surface area contributed by atoms with Gasteiger partial charge in [-0.25, -0.2) is 0 Å². The van der Waals surface area contributed by atoms with E-state index in [-0.39, 0.29) is 5.41 Å². The summed E-state index contributed by atoms with van der Waals surface area (Å²) in [5.74, 6) is 0. The lowest BCUT2D eigenvalue weighted by Gasteiger charge is -2.30. The third kappa shape index (κ3) is 3.60. The Balaban J connectivity index is 1.08. The van der Waals surface area contributed by atoms with Gasteiger partial charge in [-0.05, 0) is 91.0 Å². The van der Waals surface area contributed by atoms with E-state index < -0.39 is 0 Å². The summed E-state index contributed by atoms with van der Waals surface area (Å²) in [7, 11) is 0. The smallest absolute Gasteiger partial charge is 0.0726 e. The van der Waals surface area contributed by atoms with Gasteiger partial charge in [0.25, 0.3) is 0 Å². The van der Waals surface area contributed by atoms with Crippen LogP contribution in [0.2, 0.25) is 0 Å². The highest BCUT2D eigenvalue weighted by Crippen LogP contribution is 2.62. The summed E-state index contributed by atoms with van der Waals surface area (Å²) in [5, 5.41) is 3.72. The third-order valence-corrected chi connectivity index (χ3v) is 9.50. The first-order chi connectivity index (χ1) is 21.8. The molecule has 9 rings (SSSR count). The summed E-state index contributed by atoms with van der Waals surface area (Å²) in [6.45, 7) is 0. The summed E-state index contributed by atoms with van der Waals surface area (Å²) in [4.78, 5) is 0. The molecule has 2 aliphatic rings. The first-order valence-corrected chi connectivity index (χ1v) is 15.3. The molecule has 0 saturated carbocycles. The van der Waals surface area contributed by atoms with Crippen molar-refractivity contribution < 1.29 is 0 Å². The molecule has 2 aliphatic carbocycles. The Morgan fingerprint density at radius 3 is 1.20 bits per heavy atom. The Morgan fingerprint density at radius 1 is 0.295 bits per heavy atom. The van der Waals surface area contributed by atoms with Crippen LogP contribution in [0.15, 0.2) is 170 Å². The quantitative estimate of drug-likeness (QED) is 0.226. The molecule has 0 saturated heterocycles. The summed E-state index contributed by atoms with van der Waals surface area (Å²) in [6.07, 6.45) is 0. The van der Waals surface area contributed by atoms with Crippen molar-refractivity contribution >= 4 is 11.4 Å². The number of rotatable bonds is 4. The van der Waals surface area contributed by atoms with Gasteiger partial charge in [0.05, 0.1) is 5.41 Å². The molecule has 0 fully saturated rings. The van der Waals surface area contributed by atoms with Gasteiger partial charge >= 0.3 is 0 Å². The molecule has 0 radical (unpaired) electrons. The summed E-state index contributed by atoms with van der Waals surface area (Å²) < 4.78 is 0. The molecule has 0 aliphatic heterocycles. The fourth-order valence-corrected chi connectivity index (χ4v) is 7.57. The Morgan fingerprint density at radius 2 is 0.682 bits per heavy atom. The van der Waals surface area contributed by atoms with Gasteiger partial charge in [-0.15, -0.1) is 0 Å².